The molecule has 0 bridgehead atoms. The van der Waals surface area contributed by atoms with E-state index in [0.717, 1.165) is 5.52 Å². The van der Waals surface area contributed by atoms with Crippen molar-refractivity contribution >= 4 is 10.9 Å². The van der Waals surface area contributed by atoms with Gasteiger partial charge in [0.05, 0.1) is 0 Å². The summed E-state index contributed by atoms with van der Waals surface area (Å²) in [6, 6.07) is 19.0. The second-order valence-electron chi connectivity index (χ2n) is 6.16. The second-order valence-corrected chi connectivity index (χ2v) is 6.16. The molecule has 1 N–H and O–H groups in total. The number of aromatic amines is 1. The molecule has 0 spiro atoms. The molecular weight excluding hydrogens is 369 g/mol. The molecule has 0 amide bonds. The van der Waals surface area contributed by atoms with Gasteiger partial charge in [0.25, 0.3) is 0 Å². The maximum atomic E-state index is 2.99. The molecule has 1 heterocycles. The van der Waals surface area contributed by atoms with Crippen LogP contribution < -0.4 is 0 Å². The molecule has 0 aliphatic heterocycles. The van der Waals surface area contributed by atoms with Gasteiger partial charge in [0.2, 0.25) is 0 Å². The number of aromatic nitrogens is 1. The van der Waals surface area contributed by atoms with E-state index in [1.807, 2.05) is 24.3 Å². The summed E-state index contributed by atoms with van der Waals surface area (Å²) in [7, 11) is 0. The average molecular weight is 390 g/mol. The first-order chi connectivity index (χ1) is 11.4. The molecule has 5 rings (SSSR count). The maximum absolute atomic E-state index is 2.99. The molecule has 2 heteroatoms. The van der Waals surface area contributed by atoms with Gasteiger partial charge >= 0.3 is 0 Å². The van der Waals surface area contributed by atoms with Gasteiger partial charge in [-0.05, 0) is 30.4 Å². The molecule has 0 radical (unpaired) electrons. The van der Waals surface area contributed by atoms with Gasteiger partial charge in [0, 0.05) is 32.1 Å². The number of hydrogen-bond donors (Lipinski definition) is 1. The molecular formula is C22H20NZr-. The first-order valence-corrected chi connectivity index (χ1v) is 8.29. The summed E-state index contributed by atoms with van der Waals surface area (Å²) in [5.74, 6) is 0.709. The maximum Gasteiger partial charge on any atom is 0.00602 e. The molecule has 1 atom stereocenters. The van der Waals surface area contributed by atoms with E-state index in [2.05, 4.69) is 59.7 Å². The van der Waals surface area contributed by atoms with Gasteiger partial charge in [-0.2, -0.15) is 11.5 Å². The smallest absolute Gasteiger partial charge is 0.00602 e. The number of fused-ring (bicyclic) bond motifs is 2. The Balaban J connectivity index is 0.000000147. The molecule has 2 aliphatic carbocycles. The Bertz CT molecular complexity index is 842. The van der Waals surface area contributed by atoms with Crippen LogP contribution in [0.5, 0.6) is 0 Å². The Morgan fingerprint density at radius 1 is 1.00 bits per heavy atom. The zero-order valence-corrected chi connectivity index (χ0v) is 16.1. The molecule has 0 saturated carbocycles. The zero-order valence-electron chi connectivity index (χ0n) is 13.6. The SMILES string of the molecule is C1=CCC(C2CCc3ccccc32)=C1.[Zr].[c-]1cc2ccccc2[nH]1. The van der Waals surface area contributed by atoms with E-state index in [0.29, 0.717) is 5.92 Å². The summed E-state index contributed by atoms with van der Waals surface area (Å²) >= 11 is 0. The summed E-state index contributed by atoms with van der Waals surface area (Å²) in [5.41, 5.74) is 5.89. The predicted octanol–water partition coefficient (Wildman–Crippen LogP) is 5.57. The van der Waals surface area contributed by atoms with Gasteiger partial charge in [-0.3, -0.25) is 0 Å². The summed E-state index contributed by atoms with van der Waals surface area (Å²) in [6.45, 7) is 0. The van der Waals surface area contributed by atoms with Crippen molar-refractivity contribution in [2.24, 2.45) is 0 Å². The minimum absolute atomic E-state index is 0. The number of allylic oxidation sites excluding steroid dienone is 4. The van der Waals surface area contributed by atoms with Gasteiger partial charge < -0.3 is 4.98 Å². The normalized spacial score (nSPS) is 17.7. The van der Waals surface area contributed by atoms with Crippen molar-refractivity contribution < 1.29 is 26.2 Å². The van der Waals surface area contributed by atoms with E-state index in [1.165, 1.54) is 24.6 Å². The van der Waals surface area contributed by atoms with Crippen molar-refractivity contribution in [2.45, 2.75) is 25.2 Å². The van der Waals surface area contributed by atoms with Crippen LogP contribution in [-0.2, 0) is 32.6 Å². The van der Waals surface area contributed by atoms with Crippen LogP contribution in [0.1, 0.15) is 29.9 Å². The molecule has 0 saturated heterocycles. The number of H-pyrrole nitrogens is 1. The standard InChI is InChI=1S/C14H14.C8H6N.Zr/c1-2-6-11(5-1)14-10-9-12-7-3-4-8-13(12)14;1-2-4-8-7(3-1)5-6-9-8;/h1-5,7-8,14H,6,9-10H2;1-5,9H;/q;-1;. The molecule has 2 aromatic carbocycles. The molecule has 1 unspecified atom stereocenters. The van der Waals surface area contributed by atoms with Crippen LogP contribution in [0.25, 0.3) is 10.9 Å². The monoisotopic (exact) mass is 388 g/mol. The fraction of sp³-hybridized carbons (Fsp3) is 0.182. The zero-order chi connectivity index (χ0) is 15.5. The number of aryl methyl sites for hydroxylation is 1. The third-order valence-corrected chi connectivity index (χ3v) is 4.78. The van der Waals surface area contributed by atoms with Gasteiger partial charge in [-0.15, -0.1) is 23.8 Å². The van der Waals surface area contributed by atoms with Crippen LogP contribution in [0.2, 0.25) is 0 Å². The van der Waals surface area contributed by atoms with Crippen LogP contribution in [0.4, 0.5) is 0 Å². The Morgan fingerprint density at radius 2 is 1.83 bits per heavy atom. The molecule has 24 heavy (non-hydrogen) atoms. The van der Waals surface area contributed by atoms with Crippen LogP contribution in [0, 0.1) is 6.20 Å². The van der Waals surface area contributed by atoms with Crippen molar-refractivity contribution in [3.8, 4) is 0 Å². The molecule has 1 nitrogen and oxygen atoms in total. The molecule has 1 aromatic heterocycles. The minimum atomic E-state index is 0. The number of hydrogen-bond acceptors (Lipinski definition) is 0. The predicted molar refractivity (Wildman–Crippen MR) is 96.5 cm³/mol. The quantitative estimate of drug-likeness (QED) is 0.524. The van der Waals surface area contributed by atoms with Gasteiger partial charge in [0.1, 0.15) is 0 Å². The first kappa shape index (κ1) is 17.2. The minimum Gasteiger partial charge on any atom is -0.477 e. The van der Waals surface area contributed by atoms with Crippen LogP contribution in [-0.4, -0.2) is 4.98 Å². The third kappa shape index (κ3) is 3.54. The Labute approximate surface area is 162 Å². The van der Waals surface area contributed by atoms with E-state index < -0.39 is 0 Å². The number of benzene rings is 2. The van der Waals surface area contributed by atoms with Gasteiger partial charge in [0.15, 0.2) is 0 Å². The first-order valence-electron chi connectivity index (χ1n) is 8.29. The van der Waals surface area contributed by atoms with E-state index in [1.54, 1.807) is 16.7 Å². The molecule has 2 aliphatic rings. The van der Waals surface area contributed by atoms with Crippen molar-refractivity contribution in [1.29, 1.82) is 0 Å². The van der Waals surface area contributed by atoms with Crippen molar-refractivity contribution in [2.75, 3.05) is 0 Å². The largest absolute Gasteiger partial charge is 0.477 e. The number of rotatable bonds is 1. The van der Waals surface area contributed by atoms with Crippen LogP contribution in [0.15, 0.2) is 78.4 Å². The third-order valence-electron chi connectivity index (χ3n) is 4.78. The van der Waals surface area contributed by atoms with E-state index in [9.17, 15) is 0 Å². The number of nitrogens with one attached hydrogen (secondary N) is 1. The molecule has 0 fully saturated rings. The van der Waals surface area contributed by atoms with Gasteiger partial charge in [-0.1, -0.05) is 60.2 Å². The van der Waals surface area contributed by atoms with E-state index >= 15 is 0 Å². The summed E-state index contributed by atoms with van der Waals surface area (Å²) < 4.78 is 0. The van der Waals surface area contributed by atoms with Gasteiger partial charge in [-0.25, -0.2) is 0 Å². The number of para-hydroxylation sites is 1. The van der Waals surface area contributed by atoms with Crippen LogP contribution >= 0.6 is 0 Å². The summed E-state index contributed by atoms with van der Waals surface area (Å²) in [5, 5.41) is 1.22. The molecule has 3 aromatic rings. The van der Waals surface area contributed by atoms with Crippen molar-refractivity contribution in [1.82, 2.24) is 4.98 Å². The Hall–Kier alpha value is -1.66. The fourth-order valence-corrected chi connectivity index (χ4v) is 3.59. The summed E-state index contributed by atoms with van der Waals surface area (Å²) in [4.78, 5) is 2.99. The second kappa shape index (κ2) is 7.94. The Kier molecular flexibility index (Phi) is 5.69. The summed E-state index contributed by atoms with van der Waals surface area (Å²) in [6.07, 6.45) is 13.4. The average Bonchev–Trinajstić information content (AvgIpc) is 3.34. The molecule has 118 valence electrons. The Morgan fingerprint density at radius 3 is 2.67 bits per heavy atom. The topological polar surface area (TPSA) is 15.8 Å². The van der Waals surface area contributed by atoms with E-state index in [-0.39, 0.29) is 26.2 Å². The van der Waals surface area contributed by atoms with E-state index in [4.69, 9.17) is 0 Å². The van der Waals surface area contributed by atoms with Crippen LogP contribution in [0.3, 0.4) is 0 Å². The van der Waals surface area contributed by atoms with Crippen molar-refractivity contribution in [3.63, 3.8) is 0 Å². The van der Waals surface area contributed by atoms with Crippen molar-refractivity contribution in [3.05, 3.63) is 95.7 Å². The fourth-order valence-electron chi connectivity index (χ4n) is 3.59.